The second-order valence-electron chi connectivity index (χ2n) is 8.63. The molecule has 1 heterocycles. The quantitative estimate of drug-likeness (QED) is 0.520. The summed E-state index contributed by atoms with van der Waals surface area (Å²) in [4.78, 5) is 41.0. The maximum absolute atomic E-state index is 13.0. The van der Waals surface area contributed by atoms with Crippen molar-refractivity contribution in [2.45, 2.75) is 46.1 Å². The van der Waals surface area contributed by atoms with Gasteiger partial charge in [0.1, 0.15) is 10.8 Å². The number of thiophene rings is 1. The number of fused-ring (bicyclic) bond motifs is 1. The molecule has 1 aromatic carbocycles. The van der Waals surface area contributed by atoms with Gasteiger partial charge in [0.2, 0.25) is 11.8 Å². The Balaban J connectivity index is 1.66. The average Bonchev–Trinajstić information content (AvgIpc) is 3.15. The summed E-state index contributed by atoms with van der Waals surface area (Å²) >= 11 is 1.46. The molecule has 9 heteroatoms. The number of amides is 2. The smallest absolute Gasteiger partial charge is 0.341 e. The minimum Gasteiger partial charge on any atom is -0.497 e. The third-order valence-electron chi connectivity index (χ3n) is 6.04. The Morgan fingerprint density at radius 1 is 1.21 bits per heavy atom. The molecule has 0 aliphatic heterocycles. The van der Waals surface area contributed by atoms with E-state index in [2.05, 4.69) is 17.6 Å². The predicted molar refractivity (Wildman–Crippen MR) is 134 cm³/mol. The monoisotopic (exact) mass is 487 g/mol. The van der Waals surface area contributed by atoms with Crippen molar-refractivity contribution in [3.8, 4) is 5.75 Å². The highest BCUT2D eigenvalue weighted by molar-refractivity contribution is 7.17. The van der Waals surface area contributed by atoms with Gasteiger partial charge in [-0.25, -0.2) is 4.79 Å². The van der Waals surface area contributed by atoms with Crippen molar-refractivity contribution in [2.75, 3.05) is 37.9 Å². The molecule has 2 N–H and O–H groups in total. The highest BCUT2D eigenvalue weighted by atomic mass is 32.1. The second kappa shape index (κ2) is 11.5. The lowest BCUT2D eigenvalue weighted by Gasteiger charge is -2.23. The predicted octanol–water partition coefficient (Wildman–Crippen LogP) is 3.96. The molecule has 2 amide bonds. The van der Waals surface area contributed by atoms with E-state index in [-0.39, 0.29) is 25.0 Å². The van der Waals surface area contributed by atoms with E-state index >= 15 is 0 Å². The molecule has 0 spiro atoms. The largest absolute Gasteiger partial charge is 0.497 e. The Kier molecular flexibility index (Phi) is 8.68. The van der Waals surface area contributed by atoms with Gasteiger partial charge in [0.15, 0.2) is 0 Å². The topological polar surface area (TPSA) is 97.0 Å². The lowest BCUT2D eigenvalue weighted by molar-refractivity contribution is -0.122. The maximum Gasteiger partial charge on any atom is 0.341 e. The highest BCUT2D eigenvalue weighted by Gasteiger charge is 2.30. The van der Waals surface area contributed by atoms with Crippen LogP contribution >= 0.6 is 11.3 Å². The van der Waals surface area contributed by atoms with Crippen LogP contribution in [0, 0.1) is 5.92 Å². The third kappa shape index (κ3) is 6.15. The van der Waals surface area contributed by atoms with E-state index in [4.69, 9.17) is 9.47 Å². The summed E-state index contributed by atoms with van der Waals surface area (Å²) < 4.78 is 10.4. The van der Waals surface area contributed by atoms with Crippen LogP contribution in [-0.2, 0) is 27.2 Å². The molecule has 3 rings (SSSR count). The lowest BCUT2D eigenvalue weighted by atomic mass is 9.88. The molecule has 184 valence electrons. The van der Waals surface area contributed by atoms with E-state index in [0.717, 1.165) is 29.7 Å². The average molecular weight is 488 g/mol. The Bertz CT molecular complexity index is 1030. The molecule has 0 fully saturated rings. The van der Waals surface area contributed by atoms with Crippen molar-refractivity contribution in [3.63, 3.8) is 0 Å². The summed E-state index contributed by atoms with van der Waals surface area (Å²) in [6.07, 6.45) is 2.70. The first-order valence-electron chi connectivity index (χ1n) is 11.5. The number of carbonyl (C=O) groups is 3. The summed E-state index contributed by atoms with van der Waals surface area (Å²) in [7, 11) is 3.29. The Morgan fingerprint density at radius 3 is 2.56 bits per heavy atom. The summed E-state index contributed by atoms with van der Waals surface area (Å²) in [5.74, 6) is 0.327. The zero-order valence-corrected chi connectivity index (χ0v) is 21.2. The molecule has 1 aliphatic carbocycles. The van der Waals surface area contributed by atoms with Gasteiger partial charge in [0.05, 0.1) is 31.9 Å². The van der Waals surface area contributed by atoms with E-state index in [9.17, 15) is 14.4 Å². The molecule has 8 nitrogen and oxygen atoms in total. The first-order chi connectivity index (χ1) is 16.2. The summed E-state index contributed by atoms with van der Waals surface area (Å²) in [5.41, 5.74) is 2.12. The van der Waals surface area contributed by atoms with E-state index in [1.54, 1.807) is 57.2 Å². The van der Waals surface area contributed by atoms with Crippen LogP contribution in [0.15, 0.2) is 24.3 Å². The van der Waals surface area contributed by atoms with Crippen LogP contribution < -0.4 is 15.4 Å². The van der Waals surface area contributed by atoms with E-state index in [1.807, 2.05) is 0 Å². The van der Waals surface area contributed by atoms with Gasteiger partial charge >= 0.3 is 5.97 Å². The van der Waals surface area contributed by atoms with Gasteiger partial charge in [-0.05, 0) is 75.9 Å². The third-order valence-corrected chi connectivity index (χ3v) is 7.21. The number of nitrogens with one attached hydrogen (secondary N) is 2. The van der Waals surface area contributed by atoms with Crippen molar-refractivity contribution in [2.24, 2.45) is 5.92 Å². The molecule has 0 saturated carbocycles. The number of rotatable bonds is 9. The molecule has 2 aromatic rings. The molecule has 0 saturated heterocycles. The normalized spacial score (nSPS) is 15.9. The van der Waals surface area contributed by atoms with Gasteiger partial charge in [-0.3, -0.25) is 14.5 Å². The molecule has 0 bridgehead atoms. The van der Waals surface area contributed by atoms with Gasteiger partial charge in [-0.2, -0.15) is 0 Å². The van der Waals surface area contributed by atoms with Crippen LogP contribution in [0.2, 0.25) is 0 Å². The van der Waals surface area contributed by atoms with Crippen molar-refractivity contribution >= 4 is 39.8 Å². The Morgan fingerprint density at radius 2 is 1.91 bits per heavy atom. The van der Waals surface area contributed by atoms with Gasteiger partial charge in [0.25, 0.3) is 0 Å². The zero-order chi connectivity index (χ0) is 24.8. The molecule has 2 atom stereocenters. The first-order valence-corrected chi connectivity index (χ1v) is 12.3. The fourth-order valence-electron chi connectivity index (χ4n) is 3.91. The van der Waals surface area contributed by atoms with Crippen LogP contribution in [0.25, 0.3) is 0 Å². The van der Waals surface area contributed by atoms with Gasteiger partial charge in [0, 0.05) is 10.6 Å². The van der Waals surface area contributed by atoms with Crippen LogP contribution in [0.1, 0.15) is 48.0 Å². The van der Waals surface area contributed by atoms with Gasteiger partial charge in [-0.15, -0.1) is 11.3 Å². The Labute approximate surface area is 204 Å². The lowest BCUT2D eigenvalue weighted by Crippen LogP contribution is -2.43. The van der Waals surface area contributed by atoms with Crippen molar-refractivity contribution in [1.82, 2.24) is 4.90 Å². The molecular weight excluding hydrogens is 454 g/mol. The molecule has 34 heavy (non-hydrogen) atoms. The minimum absolute atomic E-state index is 0.0316. The molecule has 1 aromatic heterocycles. The van der Waals surface area contributed by atoms with E-state index in [0.29, 0.717) is 27.9 Å². The van der Waals surface area contributed by atoms with E-state index < -0.39 is 12.0 Å². The number of likely N-dealkylation sites (N-methyl/N-ethyl adjacent to an activating group) is 1. The number of nitrogens with zero attached hydrogens (tertiary/aromatic N) is 1. The zero-order valence-electron chi connectivity index (χ0n) is 20.4. The number of hydrogen-bond donors (Lipinski definition) is 2. The number of carbonyl (C=O) groups excluding carboxylic acids is 3. The summed E-state index contributed by atoms with van der Waals surface area (Å²) in [6, 6.07) is 6.44. The maximum atomic E-state index is 13.0. The highest BCUT2D eigenvalue weighted by Crippen LogP contribution is 2.40. The minimum atomic E-state index is -0.588. The number of ether oxygens (including phenoxy) is 2. The van der Waals surface area contributed by atoms with Crippen molar-refractivity contribution < 1.29 is 23.9 Å². The van der Waals surface area contributed by atoms with Gasteiger partial charge < -0.3 is 20.1 Å². The number of anilines is 2. The van der Waals surface area contributed by atoms with Crippen LogP contribution in [-0.4, -0.2) is 56.0 Å². The van der Waals surface area contributed by atoms with Gasteiger partial charge in [-0.1, -0.05) is 6.92 Å². The number of esters is 1. The van der Waals surface area contributed by atoms with Crippen molar-refractivity contribution in [1.29, 1.82) is 0 Å². The summed E-state index contributed by atoms with van der Waals surface area (Å²) in [6.45, 7) is 6.00. The number of methoxy groups -OCH3 is 1. The number of benzene rings is 1. The molecule has 1 aliphatic rings. The van der Waals surface area contributed by atoms with Crippen molar-refractivity contribution in [3.05, 3.63) is 40.3 Å². The van der Waals surface area contributed by atoms with E-state index in [1.165, 1.54) is 11.3 Å². The Hall–Kier alpha value is -2.91. The molecule has 0 unspecified atom stereocenters. The SMILES string of the molecule is CCOC(=O)c1c(NC(=O)[C@H](C)N(C)CC(=O)Nc2ccc(OC)cc2)sc2c1CC[C@@H](C)C2. The number of hydrogen-bond acceptors (Lipinski definition) is 7. The fourth-order valence-corrected chi connectivity index (χ4v) is 5.31. The molecular formula is C25H33N3O5S. The second-order valence-corrected chi connectivity index (χ2v) is 9.74. The van der Waals surface area contributed by atoms with Crippen LogP contribution in [0.5, 0.6) is 5.75 Å². The fraction of sp³-hybridized carbons (Fsp3) is 0.480. The van der Waals surface area contributed by atoms with Crippen LogP contribution in [0.3, 0.4) is 0 Å². The molecule has 0 radical (unpaired) electrons. The standard InChI is InChI=1S/C25H33N3O5S/c1-6-33-25(31)22-19-12-7-15(2)13-20(19)34-24(22)27-23(30)16(3)28(4)14-21(29)26-17-8-10-18(32-5)11-9-17/h8-11,15-16H,6-7,12-14H2,1-5H3,(H,26,29)(H,27,30)/t15-,16+/m1/s1. The summed E-state index contributed by atoms with van der Waals surface area (Å²) in [5, 5.41) is 6.28. The van der Waals surface area contributed by atoms with Crippen LogP contribution in [0.4, 0.5) is 10.7 Å². The first kappa shape index (κ1) is 25.7.